The van der Waals surface area contributed by atoms with Crippen molar-refractivity contribution < 1.29 is 13.2 Å². The number of benzene rings is 2. The second-order valence-electron chi connectivity index (χ2n) is 9.53. The summed E-state index contributed by atoms with van der Waals surface area (Å²) in [5.74, 6) is 0.308. The van der Waals surface area contributed by atoms with Crippen LogP contribution in [0.5, 0.6) is 0 Å². The molecule has 37 heavy (non-hydrogen) atoms. The summed E-state index contributed by atoms with van der Waals surface area (Å²) in [6, 6.07) is 16.4. The van der Waals surface area contributed by atoms with Crippen molar-refractivity contribution in [3.63, 3.8) is 0 Å². The first kappa shape index (κ1) is 25.4. The summed E-state index contributed by atoms with van der Waals surface area (Å²) < 4.78 is 28.5. The zero-order chi connectivity index (χ0) is 26.2. The standard InChI is InChI=1S/C27H29N5O3S2/c1-19-9-8-14-31(17-19)27-28-26(33)24(36-27)16-21-18-32(22-11-5-4-6-12-22)29-25(21)20-10-7-13-23(15-20)37(34,35)30(2)3/h4-7,10-13,15-16,18-19H,8-9,14,17H2,1-3H3/b24-16+. The van der Waals surface area contributed by atoms with Gasteiger partial charge in [-0.2, -0.15) is 10.1 Å². The number of hydrogen-bond acceptors (Lipinski definition) is 6. The fraction of sp³-hybridized carbons (Fsp3) is 0.296. The topological polar surface area (TPSA) is 87.9 Å². The Bertz CT molecular complexity index is 1490. The molecule has 1 aromatic heterocycles. The van der Waals surface area contributed by atoms with Crippen LogP contribution in [0.4, 0.5) is 0 Å². The van der Waals surface area contributed by atoms with E-state index in [1.54, 1.807) is 22.9 Å². The molecule has 0 spiro atoms. The van der Waals surface area contributed by atoms with Crippen LogP contribution < -0.4 is 0 Å². The molecular weight excluding hydrogens is 506 g/mol. The average molecular weight is 536 g/mol. The van der Waals surface area contributed by atoms with Gasteiger partial charge < -0.3 is 4.90 Å². The molecule has 2 aliphatic rings. The lowest BCUT2D eigenvalue weighted by atomic mass is 10.0. The maximum atomic E-state index is 12.9. The van der Waals surface area contributed by atoms with Crippen LogP contribution in [0.25, 0.3) is 23.0 Å². The molecule has 0 aliphatic carbocycles. The van der Waals surface area contributed by atoms with Crippen molar-refractivity contribution in [2.75, 3.05) is 27.2 Å². The van der Waals surface area contributed by atoms with Crippen LogP contribution >= 0.6 is 11.8 Å². The van der Waals surface area contributed by atoms with Crippen LogP contribution in [-0.4, -0.2) is 65.7 Å². The SMILES string of the molecule is CC1CCCN(C2=NC(=O)/C(=C\c3cn(-c4ccccc4)nc3-c3cccc(S(=O)(=O)N(C)C)c3)S2)C1. The third-order valence-electron chi connectivity index (χ3n) is 6.47. The third-order valence-corrected chi connectivity index (χ3v) is 9.33. The van der Waals surface area contributed by atoms with Crippen molar-refractivity contribution in [1.29, 1.82) is 0 Å². The highest BCUT2D eigenvalue weighted by molar-refractivity contribution is 8.18. The van der Waals surface area contributed by atoms with E-state index in [-0.39, 0.29) is 10.8 Å². The first-order valence-electron chi connectivity index (χ1n) is 12.2. The predicted octanol–water partition coefficient (Wildman–Crippen LogP) is 4.49. The highest BCUT2D eigenvalue weighted by Crippen LogP contribution is 2.35. The number of aliphatic imine (C=N–C) groups is 1. The van der Waals surface area contributed by atoms with Crippen molar-refractivity contribution in [3.8, 4) is 16.9 Å². The second-order valence-corrected chi connectivity index (χ2v) is 12.7. The van der Waals surface area contributed by atoms with Gasteiger partial charge in [0, 0.05) is 44.5 Å². The Morgan fingerprint density at radius 3 is 2.62 bits per heavy atom. The molecule has 1 amide bonds. The van der Waals surface area contributed by atoms with Crippen LogP contribution in [0, 0.1) is 5.92 Å². The molecule has 0 saturated carbocycles. The molecule has 8 nitrogen and oxygen atoms in total. The van der Waals surface area contributed by atoms with Crippen molar-refractivity contribution in [1.82, 2.24) is 19.0 Å². The van der Waals surface area contributed by atoms with Gasteiger partial charge in [0.2, 0.25) is 10.0 Å². The lowest BCUT2D eigenvalue weighted by molar-refractivity contribution is -0.113. The number of nitrogens with zero attached hydrogens (tertiary/aromatic N) is 5. The largest absolute Gasteiger partial charge is 0.351 e. The predicted molar refractivity (Wildman–Crippen MR) is 148 cm³/mol. The molecule has 1 atom stereocenters. The Balaban J connectivity index is 1.55. The summed E-state index contributed by atoms with van der Waals surface area (Å²) in [4.78, 5) is 20.1. The van der Waals surface area contributed by atoms with E-state index >= 15 is 0 Å². The summed E-state index contributed by atoms with van der Waals surface area (Å²) >= 11 is 1.39. The quantitative estimate of drug-likeness (QED) is 0.448. The second kappa shape index (κ2) is 10.3. The summed E-state index contributed by atoms with van der Waals surface area (Å²) in [6.45, 7) is 4.03. The number of rotatable bonds is 5. The zero-order valence-corrected chi connectivity index (χ0v) is 22.7. The molecule has 1 unspecified atom stereocenters. The molecule has 0 radical (unpaired) electrons. The number of likely N-dealkylation sites (tertiary alicyclic amines) is 1. The Kier molecular flexibility index (Phi) is 7.06. The first-order valence-corrected chi connectivity index (χ1v) is 14.4. The van der Waals surface area contributed by atoms with E-state index in [4.69, 9.17) is 5.10 Å². The molecule has 0 N–H and O–H groups in total. The highest BCUT2D eigenvalue weighted by Gasteiger charge is 2.29. The molecule has 3 aromatic rings. The summed E-state index contributed by atoms with van der Waals surface area (Å²) in [5, 5.41) is 5.55. The summed E-state index contributed by atoms with van der Waals surface area (Å²) in [5.41, 5.74) is 2.80. The van der Waals surface area contributed by atoms with E-state index in [2.05, 4.69) is 16.8 Å². The fourth-order valence-corrected chi connectivity index (χ4v) is 6.37. The molecule has 1 fully saturated rings. The van der Waals surface area contributed by atoms with Gasteiger partial charge in [0.05, 0.1) is 15.5 Å². The van der Waals surface area contributed by atoms with Crippen LogP contribution in [0.3, 0.4) is 0 Å². The summed E-state index contributed by atoms with van der Waals surface area (Å²) in [7, 11) is -0.609. The van der Waals surface area contributed by atoms with Crippen molar-refractivity contribution in [3.05, 3.63) is 71.3 Å². The number of amides is 1. The van der Waals surface area contributed by atoms with Crippen LogP contribution in [-0.2, 0) is 14.8 Å². The Morgan fingerprint density at radius 1 is 1.11 bits per heavy atom. The van der Waals surface area contributed by atoms with E-state index in [1.807, 2.05) is 48.7 Å². The third kappa shape index (κ3) is 5.27. The number of piperidine rings is 1. The molecule has 2 aliphatic heterocycles. The van der Waals surface area contributed by atoms with Gasteiger partial charge in [-0.05, 0) is 60.9 Å². The maximum absolute atomic E-state index is 12.9. The van der Waals surface area contributed by atoms with Crippen molar-refractivity contribution >= 4 is 38.9 Å². The van der Waals surface area contributed by atoms with E-state index in [9.17, 15) is 13.2 Å². The van der Waals surface area contributed by atoms with Gasteiger partial charge in [-0.15, -0.1) is 0 Å². The molecule has 192 valence electrons. The number of amidine groups is 1. The molecule has 5 rings (SSSR count). The van der Waals surface area contributed by atoms with Crippen molar-refractivity contribution in [2.45, 2.75) is 24.7 Å². The van der Waals surface area contributed by atoms with Crippen LogP contribution in [0.1, 0.15) is 25.3 Å². The molecule has 3 heterocycles. The number of carbonyl (C=O) groups excluding carboxylic acids is 1. The minimum Gasteiger partial charge on any atom is -0.351 e. The van der Waals surface area contributed by atoms with Gasteiger partial charge >= 0.3 is 0 Å². The Morgan fingerprint density at radius 2 is 1.89 bits per heavy atom. The van der Waals surface area contributed by atoms with Gasteiger partial charge in [0.25, 0.3) is 5.91 Å². The molecule has 0 bridgehead atoms. The van der Waals surface area contributed by atoms with E-state index < -0.39 is 10.0 Å². The van der Waals surface area contributed by atoms with E-state index in [1.165, 1.54) is 36.6 Å². The molecule has 2 aromatic carbocycles. The lowest BCUT2D eigenvalue weighted by Gasteiger charge is -2.31. The lowest BCUT2D eigenvalue weighted by Crippen LogP contribution is -2.37. The number of para-hydroxylation sites is 1. The first-order chi connectivity index (χ1) is 17.7. The number of sulfonamides is 1. The summed E-state index contributed by atoms with van der Waals surface area (Å²) in [6.07, 6.45) is 5.95. The fourth-order valence-electron chi connectivity index (χ4n) is 4.48. The normalized spacial score (nSPS) is 19.6. The monoisotopic (exact) mass is 535 g/mol. The van der Waals surface area contributed by atoms with Gasteiger partial charge in [-0.3, -0.25) is 4.79 Å². The minimum absolute atomic E-state index is 0.180. The zero-order valence-electron chi connectivity index (χ0n) is 21.0. The minimum atomic E-state index is -3.62. The molecule has 10 heteroatoms. The molecule has 1 saturated heterocycles. The van der Waals surface area contributed by atoms with E-state index in [0.717, 1.165) is 30.4 Å². The van der Waals surface area contributed by atoms with Crippen molar-refractivity contribution in [2.24, 2.45) is 10.9 Å². The van der Waals surface area contributed by atoms with E-state index in [0.29, 0.717) is 27.6 Å². The number of carbonyl (C=O) groups is 1. The number of hydrogen-bond donors (Lipinski definition) is 0. The van der Waals surface area contributed by atoms with Gasteiger partial charge in [-0.1, -0.05) is 37.3 Å². The average Bonchev–Trinajstić information content (AvgIpc) is 3.48. The van der Waals surface area contributed by atoms with Gasteiger partial charge in [0.1, 0.15) is 5.69 Å². The highest BCUT2D eigenvalue weighted by atomic mass is 32.2. The van der Waals surface area contributed by atoms with Gasteiger partial charge in [0.15, 0.2) is 5.17 Å². The van der Waals surface area contributed by atoms with Crippen LogP contribution in [0.2, 0.25) is 0 Å². The smallest absolute Gasteiger partial charge is 0.286 e. The van der Waals surface area contributed by atoms with Crippen LogP contribution in [0.15, 0.2) is 75.6 Å². The number of thioether (sulfide) groups is 1. The number of aromatic nitrogens is 2. The molecular formula is C27H29N5O3S2. The van der Waals surface area contributed by atoms with Gasteiger partial charge in [-0.25, -0.2) is 17.4 Å². The Labute approximate surface area is 221 Å². The Hall–Kier alpha value is -3.21. The maximum Gasteiger partial charge on any atom is 0.286 e.